The zero-order chi connectivity index (χ0) is 27.4. The highest BCUT2D eigenvalue weighted by Crippen LogP contribution is 2.40. The fourth-order valence-electron chi connectivity index (χ4n) is 3.81. The van der Waals surface area contributed by atoms with E-state index < -0.39 is 12.2 Å². The first-order valence-corrected chi connectivity index (χ1v) is 13.5. The number of aromatic nitrogens is 1. The van der Waals surface area contributed by atoms with E-state index in [1.807, 2.05) is 19.2 Å². The van der Waals surface area contributed by atoms with E-state index in [-0.39, 0.29) is 18.2 Å². The summed E-state index contributed by atoms with van der Waals surface area (Å²) in [6.07, 6.45) is 6.54. The van der Waals surface area contributed by atoms with E-state index in [9.17, 15) is 14.4 Å². The van der Waals surface area contributed by atoms with Crippen LogP contribution in [0.5, 0.6) is 0 Å². The minimum absolute atomic E-state index is 0.0995. The third-order valence-electron chi connectivity index (χ3n) is 5.29. The lowest BCUT2D eigenvalue weighted by Crippen LogP contribution is -2.28. The van der Waals surface area contributed by atoms with E-state index in [0.29, 0.717) is 23.8 Å². The summed E-state index contributed by atoms with van der Waals surface area (Å²) in [5.41, 5.74) is 6.67. The highest BCUT2D eigenvalue weighted by atomic mass is 32.1. The van der Waals surface area contributed by atoms with Gasteiger partial charge in [-0.15, -0.1) is 11.3 Å². The lowest BCUT2D eigenvalue weighted by molar-refractivity contribution is 0.125. The van der Waals surface area contributed by atoms with Crippen molar-refractivity contribution < 1.29 is 23.9 Å². The number of nitrogens with two attached hydrogens (primary N) is 1. The van der Waals surface area contributed by atoms with Crippen LogP contribution in [0.4, 0.5) is 25.8 Å². The fraction of sp³-hybridized carbons (Fsp3) is 0.538. The second kappa shape index (κ2) is 15.0. The number of thiazole rings is 1. The molecular formula is C26H39N5O5S. The molecule has 1 aromatic heterocycles. The minimum Gasteiger partial charge on any atom is -0.447 e. The Hall–Kier alpha value is -3.34. The molecule has 1 saturated carbocycles. The Morgan fingerprint density at radius 3 is 2.30 bits per heavy atom. The summed E-state index contributed by atoms with van der Waals surface area (Å²) in [4.78, 5) is 39.6. The second-order valence-corrected chi connectivity index (χ2v) is 10.3. The maximum absolute atomic E-state index is 12.2. The quantitative estimate of drug-likeness (QED) is 0.322. The van der Waals surface area contributed by atoms with Crippen LogP contribution in [-0.2, 0) is 9.47 Å². The molecule has 1 heterocycles. The number of primary amides is 1. The molecule has 11 heteroatoms. The third-order valence-corrected chi connectivity index (χ3v) is 6.48. The van der Waals surface area contributed by atoms with Crippen LogP contribution in [0, 0.1) is 0 Å². The molecule has 5 N–H and O–H groups in total. The van der Waals surface area contributed by atoms with E-state index in [2.05, 4.69) is 31.4 Å². The van der Waals surface area contributed by atoms with Crippen LogP contribution in [0.3, 0.4) is 0 Å². The van der Waals surface area contributed by atoms with Crippen LogP contribution < -0.4 is 21.7 Å². The van der Waals surface area contributed by atoms with Gasteiger partial charge in [0.05, 0.1) is 27.8 Å². The number of carbonyl (C=O) groups excluding carboxylic acids is 3. The zero-order valence-electron chi connectivity index (χ0n) is 22.3. The van der Waals surface area contributed by atoms with E-state index in [1.54, 1.807) is 51.2 Å². The topological polar surface area (TPSA) is 145 Å². The van der Waals surface area contributed by atoms with Crippen molar-refractivity contribution in [2.24, 2.45) is 5.73 Å². The Balaban J connectivity index is 0.000000604. The Morgan fingerprint density at radius 1 is 1.05 bits per heavy atom. The zero-order valence-corrected chi connectivity index (χ0v) is 23.1. The molecule has 1 fully saturated rings. The summed E-state index contributed by atoms with van der Waals surface area (Å²) in [6.45, 7) is 9.44. The van der Waals surface area contributed by atoms with Gasteiger partial charge in [-0.3, -0.25) is 5.32 Å². The third kappa shape index (κ3) is 10.7. The maximum atomic E-state index is 12.2. The molecule has 0 unspecified atom stereocenters. The molecule has 0 spiro atoms. The molecule has 10 nitrogen and oxygen atoms in total. The Labute approximate surface area is 222 Å². The maximum Gasteiger partial charge on any atom is 0.411 e. The minimum atomic E-state index is -0.713. The van der Waals surface area contributed by atoms with Gasteiger partial charge in [0.1, 0.15) is 0 Å². The van der Waals surface area contributed by atoms with Gasteiger partial charge in [-0.1, -0.05) is 19.3 Å². The van der Waals surface area contributed by atoms with Crippen molar-refractivity contribution in [3.05, 3.63) is 29.4 Å². The molecule has 0 aliphatic heterocycles. The number of urea groups is 1. The van der Waals surface area contributed by atoms with Crippen LogP contribution >= 0.6 is 11.3 Å². The average Bonchev–Trinajstić information content (AvgIpc) is 3.29. The van der Waals surface area contributed by atoms with E-state index in [4.69, 9.17) is 4.74 Å². The lowest BCUT2D eigenvalue weighted by atomic mass is 9.90. The van der Waals surface area contributed by atoms with E-state index >= 15 is 0 Å². The second-order valence-electron chi connectivity index (χ2n) is 9.21. The van der Waals surface area contributed by atoms with Gasteiger partial charge in [-0.05, 0) is 65.7 Å². The summed E-state index contributed by atoms with van der Waals surface area (Å²) in [5, 5.41) is 9.50. The molecule has 204 valence electrons. The Morgan fingerprint density at radius 2 is 1.73 bits per heavy atom. The Bertz CT molecular complexity index is 1030. The van der Waals surface area contributed by atoms with Gasteiger partial charge in [0.15, 0.2) is 0 Å². The molecule has 1 aliphatic carbocycles. The number of benzene rings is 1. The number of nitrogens with one attached hydrogen (secondary N) is 3. The molecule has 2 aromatic rings. The average molecular weight is 534 g/mol. The van der Waals surface area contributed by atoms with Crippen molar-refractivity contribution in [3.8, 4) is 10.4 Å². The van der Waals surface area contributed by atoms with Gasteiger partial charge >= 0.3 is 18.2 Å². The van der Waals surface area contributed by atoms with Crippen LogP contribution in [0.15, 0.2) is 24.4 Å². The first-order valence-electron chi connectivity index (χ1n) is 12.7. The van der Waals surface area contributed by atoms with Crippen molar-refractivity contribution in [1.29, 1.82) is 0 Å². The van der Waals surface area contributed by atoms with Crippen molar-refractivity contribution in [1.82, 2.24) is 10.3 Å². The summed E-state index contributed by atoms with van der Waals surface area (Å²) >= 11 is 1.68. The SMILES string of the molecule is CC(C)OC(N)=O.CCNC(=O)Nc1cc(NC(=O)OC(C)C)ccc1-c1cnc(C2CCCCC2)s1. The normalized spacial score (nSPS) is 13.4. The number of ether oxygens (including phenoxy) is 2. The van der Waals surface area contributed by atoms with Crippen molar-refractivity contribution in [2.45, 2.75) is 84.8 Å². The number of nitrogens with zero attached hydrogens (tertiary/aromatic N) is 1. The molecular weight excluding hydrogens is 494 g/mol. The first kappa shape index (κ1) is 29.9. The van der Waals surface area contributed by atoms with Crippen molar-refractivity contribution >= 4 is 40.9 Å². The highest BCUT2D eigenvalue weighted by molar-refractivity contribution is 7.15. The van der Waals surface area contributed by atoms with Crippen LogP contribution in [0.1, 0.15) is 77.6 Å². The molecule has 0 radical (unpaired) electrons. The van der Waals surface area contributed by atoms with Crippen LogP contribution in [0.25, 0.3) is 10.4 Å². The molecule has 1 aliphatic rings. The largest absolute Gasteiger partial charge is 0.447 e. The molecule has 4 amide bonds. The van der Waals surface area contributed by atoms with Crippen LogP contribution in [0.2, 0.25) is 0 Å². The lowest BCUT2D eigenvalue weighted by Gasteiger charge is -2.19. The number of hydrogen-bond acceptors (Lipinski definition) is 7. The van der Waals surface area contributed by atoms with E-state index in [1.165, 1.54) is 32.1 Å². The molecule has 0 atom stereocenters. The number of anilines is 2. The monoisotopic (exact) mass is 533 g/mol. The van der Waals surface area contributed by atoms with Crippen molar-refractivity contribution in [3.63, 3.8) is 0 Å². The molecule has 3 rings (SSSR count). The van der Waals surface area contributed by atoms with E-state index in [0.717, 1.165) is 15.4 Å². The number of hydrogen-bond donors (Lipinski definition) is 4. The molecule has 0 saturated heterocycles. The predicted octanol–water partition coefficient (Wildman–Crippen LogP) is 6.45. The molecule has 1 aromatic carbocycles. The van der Waals surface area contributed by atoms with Gasteiger partial charge in [-0.2, -0.15) is 0 Å². The summed E-state index contributed by atoms with van der Waals surface area (Å²) in [5.74, 6) is 0.532. The predicted molar refractivity (Wildman–Crippen MR) is 147 cm³/mol. The fourth-order valence-corrected chi connectivity index (χ4v) is 4.94. The molecule has 0 bridgehead atoms. The molecule has 37 heavy (non-hydrogen) atoms. The first-order chi connectivity index (χ1) is 17.6. The summed E-state index contributed by atoms with van der Waals surface area (Å²) in [7, 11) is 0. The smallest absolute Gasteiger partial charge is 0.411 e. The Kier molecular flexibility index (Phi) is 12.1. The summed E-state index contributed by atoms with van der Waals surface area (Å²) < 4.78 is 9.53. The van der Waals surface area contributed by atoms with Crippen molar-refractivity contribution in [2.75, 3.05) is 17.2 Å². The van der Waals surface area contributed by atoms with Crippen LogP contribution in [-0.4, -0.2) is 42.0 Å². The van der Waals surface area contributed by atoms with Gasteiger partial charge in [0.25, 0.3) is 0 Å². The van der Waals surface area contributed by atoms with Gasteiger partial charge in [0, 0.05) is 29.9 Å². The standard InChI is InChI=1S/C22H30N4O3S.C4H9NO2/c1-4-23-21(27)26-18-12-16(25-22(28)29-14(2)3)10-11-17(18)19-13-24-20(30-19)15-8-6-5-7-9-15;1-3(2)7-4(5)6/h10-15H,4-9H2,1-3H3,(H,25,28)(H2,23,26,27);3H,1-2H3,(H2,5,6). The highest BCUT2D eigenvalue weighted by Gasteiger charge is 2.20. The number of amides is 4. The number of rotatable bonds is 7. The van der Waals surface area contributed by atoms with Gasteiger partial charge < -0.3 is 25.8 Å². The van der Waals surface area contributed by atoms with Gasteiger partial charge in [-0.25, -0.2) is 19.4 Å². The van der Waals surface area contributed by atoms with Gasteiger partial charge in [0.2, 0.25) is 0 Å². The number of carbonyl (C=O) groups is 3. The summed E-state index contributed by atoms with van der Waals surface area (Å²) in [6, 6.07) is 5.15.